The molecule has 2 rings (SSSR count). The molecule has 2 aromatic rings. The lowest BCUT2D eigenvalue weighted by Gasteiger charge is -2.03. The summed E-state index contributed by atoms with van der Waals surface area (Å²) in [6.07, 6.45) is 2.47. The maximum atomic E-state index is 4.65. The molecular formula is C12H15NS. The predicted molar refractivity (Wildman–Crippen MR) is 62.9 cm³/mol. The van der Waals surface area contributed by atoms with E-state index in [0.717, 1.165) is 5.52 Å². The van der Waals surface area contributed by atoms with Gasteiger partial charge in [0.05, 0.1) is 15.2 Å². The van der Waals surface area contributed by atoms with Crippen LogP contribution in [0.25, 0.3) is 10.2 Å². The monoisotopic (exact) mass is 205 g/mol. The van der Waals surface area contributed by atoms with Crippen molar-refractivity contribution in [2.45, 2.75) is 32.6 Å². The Hall–Kier alpha value is -0.890. The molecule has 0 bridgehead atoms. The van der Waals surface area contributed by atoms with Crippen molar-refractivity contribution in [3.8, 4) is 0 Å². The van der Waals surface area contributed by atoms with Crippen LogP contribution in [0.2, 0.25) is 0 Å². The zero-order chi connectivity index (χ0) is 9.97. The van der Waals surface area contributed by atoms with Crippen LogP contribution in [0.1, 0.15) is 37.6 Å². The van der Waals surface area contributed by atoms with Gasteiger partial charge in [-0.15, -0.1) is 11.3 Å². The summed E-state index contributed by atoms with van der Waals surface area (Å²) < 4.78 is 1.31. The van der Waals surface area contributed by atoms with E-state index in [9.17, 15) is 0 Å². The second-order valence-corrected chi connectivity index (χ2v) is 4.77. The molecule has 0 spiro atoms. The molecule has 1 aromatic carbocycles. The molecule has 0 fully saturated rings. The topological polar surface area (TPSA) is 12.9 Å². The number of hydrogen-bond donors (Lipinski definition) is 0. The number of para-hydroxylation sites is 1. The minimum Gasteiger partial charge on any atom is -0.241 e. The van der Waals surface area contributed by atoms with Gasteiger partial charge in [-0.3, -0.25) is 0 Å². The maximum absolute atomic E-state index is 4.65. The lowest BCUT2D eigenvalue weighted by molar-refractivity contribution is 0.662. The van der Waals surface area contributed by atoms with Gasteiger partial charge >= 0.3 is 0 Å². The van der Waals surface area contributed by atoms with Gasteiger partial charge in [-0.25, -0.2) is 4.98 Å². The van der Waals surface area contributed by atoms with Crippen LogP contribution in [0.4, 0.5) is 0 Å². The number of nitrogens with zero attached hydrogens (tertiary/aromatic N) is 1. The molecule has 0 amide bonds. The van der Waals surface area contributed by atoms with Crippen molar-refractivity contribution < 1.29 is 0 Å². The van der Waals surface area contributed by atoms with E-state index in [2.05, 4.69) is 43.1 Å². The Balaban J connectivity index is 2.35. The van der Waals surface area contributed by atoms with Crippen molar-refractivity contribution in [2.24, 2.45) is 0 Å². The Bertz CT molecular complexity index is 386. The lowest BCUT2D eigenvalue weighted by Crippen LogP contribution is -1.90. The third kappa shape index (κ3) is 1.80. The molecule has 0 radical (unpaired) electrons. The van der Waals surface area contributed by atoms with Gasteiger partial charge in [-0.1, -0.05) is 32.4 Å². The molecule has 0 saturated heterocycles. The highest BCUT2D eigenvalue weighted by Gasteiger charge is 2.09. The average molecular weight is 205 g/mol. The van der Waals surface area contributed by atoms with E-state index in [-0.39, 0.29) is 0 Å². The number of hydrogen-bond acceptors (Lipinski definition) is 2. The van der Waals surface area contributed by atoms with Gasteiger partial charge in [-0.05, 0) is 18.6 Å². The molecule has 1 heterocycles. The largest absolute Gasteiger partial charge is 0.241 e. The van der Waals surface area contributed by atoms with Gasteiger partial charge in [0.2, 0.25) is 0 Å². The summed E-state index contributed by atoms with van der Waals surface area (Å²) in [6, 6.07) is 8.37. The van der Waals surface area contributed by atoms with Crippen molar-refractivity contribution in [3.63, 3.8) is 0 Å². The van der Waals surface area contributed by atoms with Crippen molar-refractivity contribution >= 4 is 21.6 Å². The van der Waals surface area contributed by atoms with Crippen molar-refractivity contribution in [2.75, 3.05) is 0 Å². The third-order valence-electron chi connectivity index (χ3n) is 2.45. The lowest BCUT2D eigenvalue weighted by atomic mass is 10.1. The molecule has 0 unspecified atom stereocenters. The van der Waals surface area contributed by atoms with Crippen molar-refractivity contribution in [3.05, 3.63) is 29.3 Å². The summed E-state index contributed by atoms with van der Waals surface area (Å²) in [5, 5.41) is 1.29. The van der Waals surface area contributed by atoms with E-state index < -0.39 is 0 Å². The minimum atomic E-state index is 0.609. The SMILES string of the molecule is CCC[C@H](C)c1nc2ccccc2s1. The molecule has 0 N–H and O–H groups in total. The van der Waals surface area contributed by atoms with Crippen LogP contribution in [-0.4, -0.2) is 4.98 Å². The molecule has 2 heteroatoms. The molecule has 0 aliphatic heterocycles. The second kappa shape index (κ2) is 4.09. The zero-order valence-corrected chi connectivity index (χ0v) is 9.47. The number of aromatic nitrogens is 1. The molecular weight excluding hydrogens is 190 g/mol. The summed E-state index contributed by atoms with van der Waals surface area (Å²) >= 11 is 1.83. The molecule has 1 atom stereocenters. The van der Waals surface area contributed by atoms with Crippen LogP contribution in [-0.2, 0) is 0 Å². The van der Waals surface area contributed by atoms with Gasteiger partial charge < -0.3 is 0 Å². The van der Waals surface area contributed by atoms with Crippen LogP contribution >= 0.6 is 11.3 Å². The average Bonchev–Trinajstić information content (AvgIpc) is 2.61. The molecule has 1 aromatic heterocycles. The van der Waals surface area contributed by atoms with Gasteiger partial charge in [0.1, 0.15) is 0 Å². The van der Waals surface area contributed by atoms with E-state index in [4.69, 9.17) is 0 Å². The maximum Gasteiger partial charge on any atom is 0.0966 e. The standard InChI is InChI=1S/C12H15NS/c1-3-6-9(2)12-13-10-7-4-5-8-11(10)14-12/h4-5,7-9H,3,6H2,1-2H3/t9-/m0/s1. The van der Waals surface area contributed by atoms with Gasteiger partial charge in [-0.2, -0.15) is 0 Å². The van der Waals surface area contributed by atoms with Crippen molar-refractivity contribution in [1.29, 1.82) is 0 Å². The summed E-state index contributed by atoms with van der Waals surface area (Å²) in [7, 11) is 0. The van der Waals surface area contributed by atoms with E-state index >= 15 is 0 Å². The zero-order valence-electron chi connectivity index (χ0n) is 8.66. The minimum absolute atomic E-state index is 0.609. The first-order valence-corrected chi connectivity index (χ1v) is 5.98. The Morgan fingerprint density at radius 3 is 2.86 bits per heavy atom. The first kappa shape index (κ1) is 9.66. The summed E-state index contributed by atoms with van der Waals surface area (Å²) in [6.45, 7) is 4.49. The van der Waals surface area contributed by atoms with Gasteiger partial charge in [0.25, 0.3) is 0 Å². The molecule has 1 nitrogen and oxygen atoms in total. The van der Waals surface area contributed by atoms with Crippen LogP contribution in [0.15, 0.2) is 24.3 Å². The first-order chi connectivity index (χ1) is 6.81. The second-order valence-electron chi connectivity index (χ2n) is 3.71. The highest BCUT2D eigenvalue weighted by molar-refractivity contribution is 7.18. The third-order valence-corrected chi connectivity index (χ3v) is 3.72. The van der Waals surface area contributed by atoms with E-state index in [1.165, 1.54) is 22.5 Å². The Morgan fingerprint density at radius 2 is 2.14 bits per heavy atom. The van der Waals surface area contributed by atoms with Crippen LogP contribution in [0, 0.1) is 0 Å². The molecule has 0 aliphatic carbocycles. The number of thiazole rings is 1. The van der Waals surface area contributed by atoms with E-state index in [1.807, 2.05) is 11.3 Å². The highest BCUT2D eigenvalue weighted by atomic mass is 32.1. The molecule has 14 heavy (non-hydrogen) atoms. The highest BCUT2D eigenvalue weighted by Crippen LogP contribution is 2.29. The first-order valence-electron chi connectivity index (χ1n) is 5.16. The Kier molecular flexibility index (Phi) is 2.82. The summed E-state index contributed by atoms with van der Waals surface area (Å²) in [5.74, 6) is 0.609. The fourth-order valence-corrected chi connectivity index (χ4v) is 2.71. The Labute approximate surface area is 88.8 Å². The number of rotatable bonds is 3. The van der Waals surface area contributed by atoms with Crippen LogP contribution in [0.3, 0.4) is 0 Å². The smallest absolute Gasteiger partial charge is 0.0966 e. The van der Waals surface area contributed by atoms with Gasteiger partial charge in [0.15, 0.2) is 0 Å². The number of benzene rings is 1. The Morgan fingerprint density at radius 1 is 1.36 bits per heavy atom. The summed E-state index contributed by atoms with van der Waals surface area (Å²) in [4.78, 5) is 4.65. The normalized spacial score (nSPS) is 13.3. The predicted octanol–water partition coefficient (Wildman–Crippen LogP) is 4.20. The molecule has 0 aliphatic rings. The molecule has 74 valence electrons. The van der Waals surface area contributed by atoms with Crippen LogP contribution in [0.5, 0.6) is 0 Å². The van der Waals surface area contributed by atoms with Crippen molar-refractivity contribution in [1.82, 2.24) is 4.98 Å². The molecule has 0 saturated carbocycles. The number of fused-ring (bicyclic) bond motifs is 1. The fraction of sp³-hybridized carbons (Fsp3) is 0.417. The summed E-state index contributed by atoms with van der Waals surface area (Å²) in [5.41, 5.74) is 1.15. The quantitative estimate of drug-likeness (QED) is 0.731. The van der Waals surface area contributed by atoms with Crippen LogP contribution < -0.4 is 0 Å². The van der Waals surface area contributed by atoms with Gasteiger partial charge in [0, 0.05) is 5.92 Å². The van der Waals surface area contributed by atoms with E-state index in [1.54, 1.807) is 0 Å². The fourth-order valence-electron chi connectivity index (χ4n) is 1.66. The van der Waals surface area contributed by atoms with E-state index in [0.29, 0.717) is 5.92 Å².